The highest BCUT2D eigenvalue weighted by Crippen LogP contribution is 2.34. The number of carbonyl (C=O) groups excluding carboxylic acids is 3. The smallest absolute Gasteiger partial charge is 0.338 e. The lowest BCUT2D eigenvalue weighted by Gasteiger charge is -2.27. The molecule has 2 amide bonds. The quantitative estimate of drug-likeness (QED) is 0.424. The van der Waals surface area contributed by atoms with Gasteiger partial charge >= 0.3 is 5.97 Å². The van der Waals surface area contributed by atoms with Crippen LogP contribution < -0.4 is 9.91 Å². The minimum Gasteiger partial charge on any atom is -0.462 e. The number of anilines is 2. The molecule has 2 aliphatic heterocycles. The summed E-state index contributed by atoms with van der Waals surface area (Å²) in [4.78, 5) is 43.5. The normalized spacial score (nSPS) is 15.8. The molecule has 32 heavy (non-hydrogen) atoms. The van der Waals surface area contributed by atoms with Crippen molar-refractivity contribution < 1.29 is 29.3 Å². The molecule has 2 aromatic carbocycles. The van der Waals surface area contributed by atoms with Gasteiger partial charge in [0.2, 0.25) is 5.91 Å². The van der Waals surface area contributed by atoms with Gasteiger partial charge in [0.05, 0.1) is 29.1 Å². The van der Waals surface area contributed by atoms with Gasteiger partial charge in [0, 0.05) is 6.42 Å². The highest BCUT2D eigenvalue weighted by atomic mass is 17.1. The molecule has 9 heteroatoms. The maximum atomic E-state index is 13.1. The lowest BCUT2D eigenvalue weighted by atomic mass is 9.98. The van der Waals surface area contributed by atoms with Gasteiger partial charge in [-0.05, 0) is 61.4 Å². The van der Waals surface area contributed by atoms with E-state index in [1.165, 1.54) is 9.91 Å². The summed E-state index contributed by atoms with van der Waals surface area (Å²) in [6.07, 6.45) is 0.0837. The van der Waals surface area contributed by atoms with Gasteiger partial charge < -0.3 is 4.74 Å². The minimum absolute atomic E-state index is 0.0249. The largest absolute Gasteiger partial charge is 0.462 e. The number of hydrogen-bond donors (Lipinski definition) is 1. The van der Waals surface area contributed by atoms with E-state index in [4.69, 9.17) is 9.99 Å². The number of rotatable bonds is 6. The van der Waals surface area contributed by atoms with E-state index < -0.39 is 5.97 Å². The van der Waals surface area contributed by atoms with E-state index in [1.54, 1.807) is 62.4 Å². The Hall–Kier alpha value is -3.82. The van der Waals surface area contributed by atoms with Gasteiger partial charge in [-0.3, -0.25) is 19.7 Å². The summed E-state index contributed by atoms with van der Waals surface area (Å²) >= 11 is 0. The summed E-state index contributed by atoms with van der Waals surface area (Å²) in [6, 6.07) is 13.2. The third-order valence-corrected chi connectivity index (χ3v) is 5.18. The van der Waals surface area contributed by atoms with Crippen LogP contribution >= 0.6 is 0 Å². The average Bonchev–Trinajstić information content (AvgIpc) is 3.12. The van der Waals surface area contributed by atoms with Crippen molar-refractivity contribution in [1.82, 2.24) is 0 Å². The second kappa shape index (κ2) is 8.74. The number of ether oxygens (including phenoxy) is 1. The van der Waals surface area contributed by atoms with Gasteiger partial charge in [0.1, 0.15) is 6.61 Å². The van der Waals surface area contributed by atoms with Crippen molar-refractivity contribution in [3.8, 4) is 0 Å². The van der Waals surface area contributed by atoms with Crippen molar-refractivity contribution >= 4 is 35.0 Å². The van der Waals surface area contributed by atoms with Gasteiger partial charge in [-0.1, -0.05) is 12.1 Å². The van der Waals surface area contributed by atoms with Crippen LogP contribution in [0.5, 0.6) is 0 Å². The predicted molar refractivity (Wildman–Crippen MR) is 116 cm³/mol. The fourth-order valence-electron chi connectivity index (χ4n) is 3.64. The Labute approximate surface area is 184 Å². The number of fused-ring (bicyclic) bond motifs is 1. The molecular weight excluding hydrogens is 414 g/mol. The predicted octanol–water partition coefficient (Wildman–Crippen LogP) is 3.27. The van der Waals surface area contributed by atoms with Crippen LogP contribution in [0.4, 0.5) is 11.4 Å². The highest BCUT2D eigenvalue weighted by Gasteiger charge is 2.42. The Kier molecular flexibility index (Phi) is 5.85. The van der Waals surface area contributed by atoms with E-state index in [1.807, 2.05) is 0 Å². The molecule has 0 aliphatic carbocycles. The zero-order valence-electron chi connectivity index (χ0n) is 17.6. The molecule has 0 bridgehead atoms. The van der Waals surface area contributed by atoms with Crippen molar-refractivity contribution in [3.63, 3.8) is 0 Å². The van der Waals surface area contributed by atoms with Gasteiger partial charge in [0.15, 0.2) is 5.84 Å². The fourth-order valence-corrected chi connectivity index (χ4v) is 3.64. The van der Waals surface area contributed by atoms with E-state index in [2.05, 4.69) is 9.99 Å². The molecule has 2 aliphatic rings. The zero-order chi connectivity index (χ0) is 22.8. The number of amidine groups is 1. The van der Waals surface area contributed by atoms with Crippen molar-refractivity contribution in [2.45, 2.75) is 26.9 Å². The van der Waals surface area contributed by atoms with E-state index in [0.717, 1.165) is 5.56 Å². The van der Waals surface area contributed by atoms with E-state index in [9.17, 15) is 14.4 Å². The van der Waals surface area contributed by atoms with Crippen molar-refractivity contribution in [2.24, 2.45) is 5.10 Å². The molecule has 1 N–H and O–H groups in total. The van der Waals surface area contributed by atoms with Crippen LogP contribution in [0.2, 0.25) is 0 Å². The third kappa shape index (κ3) is 3.79. The van der Waals surface area contributed by atoms with Crippen LogP contribution in [0.3, 0.4) is 0 Å². The first kappa shape index (κ1) is 21.4. The molecule has 2 aromatic rings. The van der Waals surface area contributed by atoms with Crippen molar-refractivity contribution in [2.75, 3.05) is 16.5 Å². The molecule has 0 spiro atoms. The molecule has 0 radical (unpaired) electrons. The third-order valence-electron chi connectivity index (χ3n) is 5.18. The molecule has 0 saturated heterocycles. The van der Waals surface area contributed by atoms with Crippen LogP contribution in [-0.4, -0.2) is 35.5 Å². The molecule has 0 saturated carbocycles. The first-order valence-electron chi connectivity index (χ1n) is 10.0. The molecule has 2 heterocycles. The second-order valence-corrected chi connectivity index (χ2v) is 7.31. The maximum absolute atomic E-state index is 13.1. The molecule has 0 aromatic heterocycles. The van der Waals surface area contributed by atoms with E-state index in [0.29, 0.717) is 28.1 Å². The number of amides is 2. The Balaban J connectivity index is 1.69. The monoisotopic (exact) mass is 435 g/mol. The summed E-state index contributed by atoms with van der Waals surface area (Å²) in [5.74, 6) is -0.756. The molecule has 164 valence electrons. The lowest BCUT2D eigenvalue weighted by molar-refractivity contribution is -0.253. The highest BCUT2D eigenvalue weighted by molar-refractivity contribution is 6.40. The Bertz CT molecular complexity index is 1140. The second-order valence-electron chi connectivity index (χ2n) is 7.31. The summed E-state index contributed by atoms with van der Waals surface area (Å²) in [7, 11) is 0. The summed E-state index contributed by atoms with van der Waals surface area (Å²) < 4.78 is 4.99. The molecule has 9 nitrogen and oxygen atoms in total. The number of hydrazone groups is 1. The number of hydrogen-bond acceptors (Lipinski definition) is 7. The van der Waals surface area contributed by atoms with Gasteiger partial charge in [-0.2, -0.15) is 5.01 Å². The number of nitrogens with zero attached hydrogens (tertiary/aromatic N) is 3. The summed E-state index contributed by atoms with van der Waals surface area (Å²) in [6.45, 7) is 3.76. The lowest BCUT2D eigenvalue weighted by Crippen LogP contribution is -2.41. The maximum Gasteiger partial charge on any atom is 0.338 e. The van der Waals surface area contributed by atoms with Crippen LogP contribution in [0.15, 0.2) is 64.8 Å². The molecule has 0 atom stereocenters. The first-order chi connectivity index (χ1) is 15.4. The number of carbonyl (C=O) groups is 3. The molecule has 4 rings (SSSR count). The summed E-state index contributed by atoms with van der Waals surface area (Å²) in [5.41, 5.74) is 3.13. The zero-order valence-corrected chi connectivity index (χ0v) is 17.6. The van der Waals surface area contributed by atoms with Crippen LogP contribution in [0, 0.1) is 0 Å². The fraction of sp³-hybridized carbons (Fsp3) is 0.217. The van der Waals surface area contributed by atoms with Crippen LogP contribution in [0.25, 0.3) is 0 Å². The Morgan fingerprint density at radius 1 is 1.06 bits per heavy atom. The van der Waals surface area contributed by atoms with E-state index >= 15 is 0 Å². The van der Waals surface area contributed by atoms with Gasteiger partial charge in [-0.25, -0.2) is 9.68 Å². The Morgan fingerprint density at radius 3 is 2.34 bits per heavy atom. The van der Waals surface area contributed by atoms with Gasteiger partial charge in [-0.15, -0.1) is 5.10 Å². The average molecular weight is 435 g/mol. The number of esters is 1. The molecule has 0 unspecified atom stereocenters. The SMILES string of the molecule is CCOC(=O)c1ccc(N2C(=O)CC(C)=C3C(=O)N(c4ccc(COO)cc4)N=C32)cc1. The topological polar surface area (TPSA) is 109 Å². The molecule has 0 fully saturated rings. The van der Waals surface area contributed by atoms with E-state index in [-0.39, 0.29) is 37.3 Å². The van der Waals surface area contributed by atoms with Gasteiger partial charge in [0.25, 0.3) is 5.91 Å². The standard InChI is InChI=1S/C23H21N3O6/c1-3-31-23(29)16-6-10-17(11-7-16)25-19(27)12-14(2)20-21(25)24-26(22(20)28)18-8-4-15(5-9-18)13-32-30/h4-11,30H,3,12-13H2,1-2H3. The number of benzene rings is 2. The van der Waals surface area contributed by atoms with Crippen LogP contribution in [-0.2, 0) is 25.8 Å². The van der Waals surface area contributed by atoms with Crippen molar-refractivity contribution in [1.29, 1.82) is 0 Å². The molecular formula is C23H21N3O6. The van der Waals surface area contributed by atoms with Crippen LogP contribution in [0.1, 0.15) is 36.2 Å². The van der Waals surface area contributed by atoms with Crippen molar-refractivity contribution in [3.05, 3.63) is 70.8 Å². The first-order valence-corrected chi connectivity index (χ1v) is 10.0. The Morgan fingerprint density at radius 2 is 1.72 bits per heavy atom. The summed E-state index contributed by atoms with van der Waals surface area (Å²) in [5, 5.41) is 14.3. The minimum atomic E-state index is -0.449.